The van der Waals surface area contributed by atoms with E-state index in [2.05, 4.69) is 10.2 Å². The van der Waals surface area contributed by atoms with Crippen LogP contribution in [0.1, 0.15) is 32.2 Å². The summed E-state index contributed by atoms with van der Waals surface area (Å²) in [5.41, 5.74) is 0.469. The monoisotopic (exact) mass is 572 g/mol. The van der Waals surface area contributed by atoms with Crippen LogP contribution >= 0.6 is 0 Å². The molecule has 0 spiro atoms. The lowest BCUT2D eigenvalue weighted by atomic mass is 9.97. The predicted molar refractivity (Wildman–Crippen MR) is 129 cm³/mol. The molecule has 0 saturated carbocycles. The number of hydrogen-bond donors (Lipinski definition) is 1. The van der Waals surface area contributed by atoms with Crippen molar-refractivity contribution in [2.75, 3.05) is 10.7 Å². The minimum absolute atomic E-state index is 0.0389. The van der Waals surface area contributed by atoms with Gasteiger partial charge in [-0.1, -0.05) is 32.9 Å². The summed E-state index contributed by atoms with van der Waals surface area (Å²) in [6, 6.07) is 6.44. The van der Waals surface area contributed by atoms with Crippen LogP contribution in [0.3, 0.4) is 0 Å². The SMILES string of the molecule is CC(C)(C)c1nnc(-c2ccc3c(c2)N(Cc2ccc(S(=O)(=O)C(F)(F)F)cc2)C(=O)[C@@H](N)CS3(=O)=O)o1. The third kappa shape index (κ3) is 5.05. The number of hydrogen-bond acceptors (Lipinski definition) is 9. The molecule has 0 saturated heterocycles. The second-order valence-corrected chi connectivity index (χ2v) is 13.7. The second-order valence-electron chi connectivity index (χ2n) is 9.75. The Hall–Kier alpha value is -3.30. The van der Waals surface area contributed by atoms with E-state index in [-0.39, 0.29) is 28.6 Å². The summed E-state index contributed by atoms with van der Waals surface area (Å²) in [5.74, 6) is -0.999. The molecule has 15 heteroatoms. The molecule has 0 aliphatic carbocycles. The number of amides is 1. The van der Waals surface area contributed by atoms with E-state index in [0.29, 0.717) is 11.5 Å². The highest BCUT2D eigenvalue weighted by molar-refractivity contribution is 7.92. The summed E-state index contributed by atoms with van der Waals surface area (Å²) >= 11 is 0. The van der Waals surface area contributed by atoms with Crippen LogP contribution in [0.5, 0.6) is 0 Å². The first-order valence-corrected chi connectivity index (χ1v) is 14.2. The largest absolute Gasteiger partial charge is 0.501 e. The molecule has 38 heavy (non-hydrogen) atoms. The average molecular weight is 573 g/mol. The van der Waals surface area contributed by atoms with Crippen molar-refractivity contribution in [3.8, 4) is 11.5 Å². The van der Waals surface area contributed by atoms with E-state index in [1.54, 1.807) is 0 Å². The molecule has 10 nitrogen and oxygen atoms in total. The molecular weight excluding hydrogens is 549 g/mol. The van der Waals surface area contributed by atoms with Crippen molar-refractivity contribution in [2.45, 2.75) is 54.1 Å². The molecule has 4 rings (SSSR count). The van der Waals surface area contributed by atoms with Crippen LogP contribution in [-0.2, 0) is 36.4 Å². The van der Waals surface area contributed by atoms with Gasteiger partial charge in [0.2, 0.25) is 17.7 Å². The van der Waals surface area contributed by atoms with Crippen LogP contribution in [0.2, 0.25) is 0 Å². The lowest BCUT2D eigenvalue weighted by molar-refractivity contribution is -0.119. The summed E-state index contributed by atoms with van der Waals surface area (Å²) in [6.45, 7) is 5.28. The molecule has 1 aliphatic heterocycles. The Morgan fingerprint density at radius 1 is 1.08 bits per heavy atom. The van der Waals surface area contributed by atoms with Gasteiger partial charge in [-0.05, 0) is 35.9 Å². The standard InChI is InChI=1S/C23H23F3N4O6S2/c1-22(2,3)21-29-28-19(36-21)14-6-9-18-17(10-14)30(20(31)16(27)12-37(18,32)33)11-13-4-7-15(8-5-13)38(34,35)23(24,25)26/h4-10,16H,11-12,27H2,1-3H3/t16-/m0/s1. The van der Waals surface area contributed by atoms with Gasteiger partial charge in [0, 0.05) is 11.0 Å². The highest BCUT2D eigenvalue weighted by atomic mass is 32.2. The summed E-state index contributed by atoms with van der Waals surface area (Å²) < 4.78 is 93.7. The van der Waals surface area contributed by atoms with Crippen LogP contribution < -0.4 is 10.6 Å². The number of nitrogens with zero attached hydrogens (tertiary/aromatic N) is 3. The smallest absolute Gasteiger partial charge is 0.420 e. The zero-order valence-electron chi connectivity index (χ0n) is 20.4. The molecule has 2 N–H and O–H groups in total. The van der Waals surface area contributed by atoms with E-state index in [1.165, 1.54) is 18.2 Å². The first-order chi connectivity index (χ1) is 17.4. The van der Waals surface area contributed by atoms with Gasteiger partial charge in [-0.25, -0.2) is 16.8 Å². The zero-order chi connectivity index (χ0) is 28.3. The third-order valence-electron chi connectivity index (χ3n) is 5.76. The zero-order valence-corrected chi connectivity index (χ0v) is 22.0. The highest BCUT2D eigenvalue weighted by Gasteiger charge is 2.46. The molecule has 2 aromatic carbocycles. The van der Waals surface area contributed by atoms with Crippen LogP contribution in [0.4, 0.5) is 18.9 Å². The van der Waals surface area contributed by atoms with Gasteiger partial charge < -0.3 is 15.1 Å². The number of halogens is 3. The van der Waals surface area contributed by atoms with Gasteiger partial charge in [0.1, 0.15) is 0 Å². The van der Waals surface area contributed by atoms with Crippen molar-refractivity contribution in [3.63, 3.8) is 0 Å². The van der Waals surface area contributed by atoms with Crippen molar-refractivity contribution in [3.05, 3.63) is 53.9 Å². The van der Waals surface area contributed by atoms with Crippen LogP contribution in [0.15, 0.2) is 56.7 Å². The summed E-state index contributed by atoms with van der Waals surface area (Å²) in [4.78, 5) is 13.1. The summed E-state index contributed by atoms with van der Waals surface area (Å²) in [7, 11) is -9.57. The Morgan fingerprint density at radius 3 is 2.26 bits per heavy atom. The van der Waals surface area contributed by atoms with Gasteiger partial charge in [0.25, 0.3) is 9.84 Å². The Kier molecular flexibility index (Phi) is 6.69. The Labute approximate surface area is 216 Å². The first kappa shape index (κ1) is 27.7. The van der Waals surface area contributed by atoms with Gasteiger partial charge in [0.05, 0.1) is 33.8 Å². The van der Waals surface area contributed by atoms with Crippen molar-refractivity contribution in [1.29, 1.82) is 0 Å². The van der Waals surface area contributed by atoms with Gasteiger partial charge in [-0.15, -0.1) is 10.2 Å². The molecule has 2 heterocycles. The van der Waals surface area contributed by atoms with E-state index < -0.39 is 53.2 Å². The molecule has 0 unspecified atom stereocenters. The number of alkyl halides is 3. The minimum atomic E-state index is -5.56. The van der Waals surface area contributed by atoms with E-state index in [9.17, 15) is 34.8 Å². The van der Waals surface area contributed by atoms with Crippen LogP contribution in [0, 0.1) is 0 Å². The third-order valence-corrected chi connectivity index (χ3v) is 9.08. The molecule has 1 amide bonds. The number of fused-ring (bicyclic) bond motifs is 1. The maximum Gasteiger partial charge on any atom is 0.501 e. The molecule has 1 aliphatic rings. The molecule has 0 radical (unpaired) electrons. The van der Waals surface area contributed by atoms with E-state index in [1.807, 2.05) is 20.8 Å². The summed E-state index contributed by atoms with van der Waals surface area (Å²) in [5, 5.41) is 8.03. The van der Waals surface area contributed by atoms with Gasteiger partial charge in [-0.2, -0.15) is 13.2 Å². The van der Waals surface area contributed by atoms with Gasteiger partial charge in [-0.3, -0.25) is 4.79 Å². The Balaban J connectivity index is 1.79. The van der Waals surface area contributed by atoms with E-state index in [0.717, 1.165) is 29.2 Å². The Morgan fingerprint density at radius 2 is 1.71 bits per heavy atom. The van der Waals surface area contributed by atoms with Crippen molar-refractivity contribution < 1.29 is 39.2 Å². The fraction of sp³-hybridized carbons (Fsp3) is 0.348. The number of sulfone groups is 2. The number of anilines is 1. The van der Waals surface area contributed by atoms with E-state index >= 15 is 0 Å². The fourth-order valence-corrected chi connectivity index (χ4v) is 6.06. The Bertz CT molecular complexity index is 1610. The molecule has 204 valence electrons. The fourth-order valence-electron chi connectivity index (χ4n) is 3.74. The minimum Gasteiger partial charge on any atom is -0.420 e. The lowest BCUT2D eigenvalue weighted by Crippen LogP contribution is -2.45. The van der Waals surface area contributed by atoms with Crippen molar-refractivity contribution >= 4 is 31.3 Å². The maximum atomic E-state index is 13.2. The molecule has 3 aromatic rings. The average Bonchev–Trinajstić information content (AvgIpc) is 3.30. The first-order valence-electron chi connectivity index (χ1n) is 11.1. The van der Waals surface area contributed by atoms with Crippen molar-refractivity contribution in [1.82, 2.24) is 10.2 Å². The number of benzene rings is 2. The number of nitrogens with two attached hydrogens (primary N) is 1. The topological polar surface area (TPSA) is 154 Å². The highest BCUT2D eigenvalue weighted by Crippen LogP contribution is 2.36. The van der Waals surface area contributed by atoms with Crippen molar-refractivity contribution in [2.24, 2.45) is 5.73 Å². The lowest BCUT2D eigenvalue weighted by Gasteiger charge is -2.24. The number of carbonyl (C=O) groups is 1. The summed E-state index contributed by atoms with van der Waals surface area (Å²) in [6.07, 6.45) is 0. The quantitative estimate of drug-likeness (QED) is 0.497. The maximum absolute atomic E-state index is 13.2. The molecule has 0 fully saturated rings. The number of aromatic nitrogens is 2. The molecule has 1 atom stereocenters. The van der Waals surface area contributed by atoms with Crippen LogP contribution in [-0.4, -0.2) is 50.2 Å². The molecular formula is C23H23F3N4O6S2. The van der Waals surface area contributed by atoms with Crippen LogP contribution in [0.25, 0.3) is 11.5 Å². The molecule has 1 aromatic heterocycles. The normalized spacial score (nSPS) is 18.2. The number of carbonyl (C=O) groups excluding carboxylic acids is 1. The predicted octanol–water partition coefficient (Wildman–Crippen LogP) is 2.98. The molecule has 0 bridgehead atoms. The van der Waals surface area contributed by atoms with E-state index in [4.69, 9.17) is 10.2 Å². The second kappa shape index (κ2) is 9.17. The van der Waals surface area contributed by atoms with Gasteiger partial charge >= 0.3 is 5.51 Å². The number of rotatable bonds is 4. The van der Waals surface area contributed by atoms with Gasteiger partial charge in [0.15, 0.2) is 9.84 Å².